The Kier molecular flexibility index (Phi) is 5.34. The second-order valence-electron chi connectivity index (χ2n) is 6.81. The molecular weight excluding hydrogens is 320 g/mol. The molecule has 0 bridgehead atoms. The number of hydrogen-bond donors (Lipinski definition) is 4. The van der Waals surface area contributed by atoms with Crippen molar-refractivity contribution in [3.05, 3.63) is 35.4 Å². The van der Waals surface area contributed by atoms with Crippen molar-refractivity contribution >= 4 is 16.9 Å². The summed E-state index contributed by atoms with van der Waals surface area (Å²) in [5.41, 5.74) is 1.16. The number of carbonyl (C=O) groups excluding carboxylic acids is 1. The molecule has 1 fully saturated rings. The van der Waals surface area contributed by atoms with Crippen LogP contribution in [0.5, 0.6) is 0 Å². The lowest BCUT2D eigenvalue weighted by Gasteiger charge is -2.35. The van der Waals surface area contributed by atoms with E-state index in [0.29, 0.717) is 12.2 Å². The molecule has 1 aromatic rings. The highest BCUT2D eigenvalue weighted by Gasteiger charge is 2.34. The molecule has 0 spiro atoms. The molecule has 7 nitrogen and oxygen atoms in total. The van der Waals surface area contributed by atoms with Crippen molar-refractivity contribution in [2.75, 3.05) is 13.2 Å². The second-order valence-corrected chi connectivity index (χ2v) is 8.60. The van der Waals surface area contributed by atoms with Crippen molar-refractivity contribution in [1.29, 1.82) is 0 Å². The Labute approximate surface area is 137 Å². The van der Waals surface area contributed by atoms with Crippen LogP contribution in [0.3, 0.4) is 0 Å². The molecule has 1 aliphatic heterocycles. The van der Waals surface area contributed by atoms with Crippen molar-refractivity contribution in [2.45, 2.75) is 33.5 Å². The van der Waals surface area contributed by atoms with E-state index in [-0.39, 0.29) is 24.5 Å². The Morgan fingerprint density at radius 3 is 2.43 bits per heavy atom. The number of benzene rings is 1. The van der Waals surface area contributed by atoms with Crippen LogP contribution >= 0.6 is 11.0 Å². The van der Waals surface area contributed by atoms with Gasteiger partial charge in [-0.1, -0.05) is 43.9 Å². The summed E-state index contributed by atoms with van der Waals surface area (Å²) in [7, 11) is -3.14. The molecule has 8 heteroatoms. The number of β-amino-alcohol motifs (C(OH)–C–C–N with tert-alkyl or cyclic N) is 1. The molecule has 0 aromatic heterocycles. The first-order valence-corrected chi connectivity index (χ1v) is 8.82. The third kappa shape index (κ3) is 5.17. The number of ether oxygens (including phenoxy) is 1. The van der Waals surface area contributed by atoms with Crippen molar-refractivity contribution in [2.24, 2.45) is 5.41 Å². The number of hydrogen-bond acceptors (Lipinski definition) is 7. The van der Waals surface area contributed by atoms with Crippen LogP contribution in [-0.2, 0) is 11.3 Å². The average molecular weight is 344 g/mol. The summed E-state index contributed by atoms with van der Waals surface area (Å²) in [5.74, 6) is -0.381. The normalized spacial score (nSPS) is 22.8. The van der Waals surface area contributed by atoms with Crippen LogP contribution in [0.15, 0.2) is 24.3 Å². The van der Waals surface area contributed by atoms with Gasteiger partial charge < -0.3 is 9.84 Å². The van der Waals surface area contributed by atoms with Crippen molar-refractivity contribution < 1.29 is 23.7 Å². The molecule has 130 valence electrons. The lowest BCUT2D eigenvalue weighted by Crippen LogP contribution is -2.25. The topological polar surface area (TPSA) is 102 Å². The zero-order valence-electron chi connectivity index (χ0n) is 13.5. The Bertz CT molecular complexity index is 556. The van der Waals surface area contributed by atoms with E-state index >= 15 is 0 Å². The fourth-order valence-electron chi connectivity index (χ4n) is 2.06. The monoisotopic (exact) mass is 344 g/mol. The maximum Gasteiger partial charge on any atom is 0.338 e. The van der Waals surface area contributed by atoms with Gasteiger partial charge in [-0.25, -0.2) is 4.79 Å². The van der Waals surface area contributed by atoms with E-state index < -0.39 is 17.2 Å². The number of nitrogens with zero attached hydrogens (tertiary/aromatic N) is 1. The lowest BCUT2D eigenvalue weighted by molar-refractivity contribution is 0.0367. The predicted molar refractivity (Wildman–Crippen MR) is 88.6 cm³/mol. The SMILES string of the molecule is CC(C)(C)COC(=O)c1ccc(CN2CC(O)NS2(O)O)cc1. The maximum absolute atomic E-state index is 11.9. The van der Waals surface area contributed by atoms with E-state index in [0.717, 1.165) is 5.56 Å². The Morgan fingerprint density at radius 1 is 1.35 bits per heavy atom. The highest BCUT2D eigenvalue weighted by atomic mass is 32.3. The van der Waals surface area contributed by atoms with Gasteiger partial charge in [0.15, 0.2) is 0 Å². The summed E-state index contributed by atoms with van der Waals surface area (Å²) >= 11 is 0. The Hall–Kier alpha value is -1.16. The third-order valence-corrected chi connectivity index (χ3v) is 4.80. The fraction of sp³-hybridized carbons (Fsp3) is 0.533. The molecule has 0 radical (unpaired) electrons. The summed E-state index contributed by atoms with van der Waals surface area (Å²) in [4.78, 5) is 11.9. The minimum Gasteiger partial charge on any atom is -0.462 e. The first kappa shape index (κ1) is 18.2. The van der Waals surface area contributed by atoms with Crippen LogP contribution in [0.4, 0.5) is 0 Å². The molecule has 0 amide bonds. The molecule has 1 heterocycles. The molecule has 1 aromatic carbocycles. The fourth-order valence-corrected chi connectivity index (χ4v) is 3.33. The summed E-state index contributed by atoms with van der Waals surface area (Å²) in [5, 5.41) is 9.44. The van der Waals surface area contributed by atoms with Gasteiger partial charge in [-0.3, -0.25) is 9.11 Å². The highest BCUT2D eigenvalue weighted by Crippen LogP contribution is 2.44. The summed E-state index contributed by atoms with van der Waals surface area (Å²) in [6.45, 7) is 6.67. The third-order valence-electron chi connectivity index (χ3n) is 3.22. The van der Waals surface area contributed by atoms with Gasteiger partial charge in [0.1, 0.15) is 6.23 Å². The van der Waals surface area contributed by atoms with Gasteiger partial charge in [-0.15, -0.1) is 0 Å². The average Bonchev–Trinajstić information content (AvgIpc) is 2.68. The van der Waals surface area contributed by atoms with Gasteiger partial charge >= 0.3 is 5.97 Å². The van der Waals surface area contributed by atoms with Gasteiger partial charge in [0.05, 0.1) is 18.7 Å². The Balaban J connectivity index is 1.96. The lowest BCUT2D eigenvalue weighted by atomic mass is 9.99. The van der Waals surface area contributed by atoms with Crippen LogP contribution in [0, 0.1) is 5.41 Å². The standard InChI is InChI=1S/C15H24N2O5S/c1-15(2,3)10-22-14(19)12-6-4-11(5-7-12)8-17-9-13(18)16-23(17,20)21/h4-7,13,16,18,20-21H,8-10H2,1-3H3. The molecule has 0 aliphatic carbocycles. The number of aliphatic hydroxyl groups excluding tert-OH is 1. The summed E-state index contributed by atoms with van der Waals surface area (Å²) in [6.07, 6.45) is -0.966. The maximum atomic E-state index is 11.9. The summed E-state index contributed by atoms with van der Waals surface area (Å²) < 4.78 is 28.5. The number of rotatable bonds is 4. The van der Waals surface area contributed by atoms with Crippen molar-refractivity contribution in [1.82, 2.24) is 9.03 Å². The van der Waals surface area contributed by atoms with Gasteiger partial charge in [0.25, 0.3) is 0 Å². The zero-order chi connectivity index (χ0) is 17.3. The molecule has 1 saturated heterocycles. The van der Waals surface area contributed by atoms with E-state index in [2.05, 4.69) is 4.72 Å². The van der Waals surface area contributed by atoms with Crippen LogP contribution in [0.25, 0.3) is 0 Å². The molecule has 23 heavy (non-hydrogen) atoms. The van der Waals surface area contributed by atoms with Crippen LogP contribution in [-0.4, -0.2) is 43.9 Å². The van der Waals surface area contributed by atoms with Crippen molar-refractivity contribution in [3.63, 3.8) is 0 Å². The molecule has 1 unspecified atom stereocenters. The number of aliphatic hydroxyl groups is 1. The largest absolute Gasteiger partial charge is 0.462 e. The van der Waals surface area contributed by atoms with Gasteiger partial charge in [0.2, 0.25) is 0 Å². The van der Waals surface area contributed by atoms with E-state index in [1.165, 1.54) is 4.31 Å². The second kappa shape index (κ2) is 6.76. The first-order valence-electron chi connectivity index (χ1n) is 7.31. The molecule has 4 N–H and O–H groups in total. The van der Waals surface area contributed by atoms with E-state index in [1.54, 1.807) is 24.3 Å². The van der Waals surface area contributed by atoms with E-state index in [4.69, 9.17) is 4.74 Å². The van der Waals surface area contributed by atoms with Gasteiger partial charge in [-0.05, 0) is 23.1 Å². The summed E-state index contributed by atoms with van der Waals surface area (Å²) in [6, 6.07) is 6.75. The zero-order valence-corrected chi connectivity index (χ0v) is 14.3. The quantitative estimate of drug-likeness (QED) is 0.621. The van der Waals surface area contributed by atoms with Crippen molar-refractivity contribution in [3.8, 4) is 0 Å². The van der Waals surface area contributed by atoms with Gasteiger partial charge in [-0.2, -0.15) is 9.03 Å². The van der Waals surface area contributed by atoms with Gasteiger partial charge in [0, 0.05) is 6.54 Å². The predicted octanol–water partition coefficient (Wildman–Crippen LogP) is 2.19. The van der Waals surface area contributed by atoms with Crippen LogP contribution in [0.2, 0.25) is 0 Å². The minimum atomic E-state index is -3.14. The highest BCUT2D eigenvalue weighted by molar-refractivity contribution is 8.20. The number of esters is 1. The number of nitrogens with one attached hydrogen (secondary N) is 1. The molecule has 0 saturated carbocycles. The number of carbonyl (C=O) groups is 1. The van der Waals surface area contributed by atoms with E-state index in [1.807, 2.05) is 20.8 Å². The van der Waals surface area contributed by atoms with Crippen LogP contribution < -0.4 is 4.72 Å². The molecule has 1 aliphatic rings. The smallest absolute Gasteiger partial charge is 0.338 e. The molecule has 1 atom stereocenters. The van der Waals surface area contributed by atoms with Crippen LogP contribution in [0.1, 0.15) is 36.7 Å². The minimum absolute atomic E-state index is 0.0897. The molecular formula is C15H24N2O5S. The molecule has 2 rings (SSSR count). The van der Waals surface area contributed by atoms with E-state index in [9.17, 15) is 19.0 Å². The first-order chi connectivity index (χ1) is 10.6. The Morgan fingerprint density at radius 2 is 1.96 bits per heavy atom.